The van der Waals surface area contributed by atoms with E-state index in [1.165, 1.54) is 12.5 Å². The van der Waals surface area contributed by atoms with Crippen molar-refractivity contribution in [3.05, 3.63) is 24.2 Å². The van der Waals surface area contributed by atoms with Gasteiger partial charge in [-0.15, -0.1) is 0 Å². The third kappa shape index (κ3) is 4.84. The first-order chi connectivity index (χ1) is 10.1. The zero-order valence-corrected chi connectivity index (χ0v) is 12.7. The smallest absolute Gasteiger partial charge is 0.257 e. The Hall–Kier alpha value is -1.37. The fourth-order valence-corrected chi connectivity index (χ4v) is 2.36. The zero-order valence-electron chi connectivity index (χ0n) is 12.7. The van der Waals surface area contributed by atoms with Crippen LogP contribution in [0.3, 0.4) is 0 Å². The van der Waals surface area contributed by atoms with Gasteiger partial charge in [0, 0.05) is 32.7 Å². The van der Waals surface area contributed by atoms with E-state index in [1.807, 2.05) is 18.7 Å². The molecule has 0 radical (unpaired) electrons. The molecule has 0 saturated carbocycles. The van der Waals surface area contributed by atoms with E-state index in [0.717, 1.165) is 13.1 Å². The van der Waals surface area contributed by atoms with Gasteiger partial charge in [-0.2, -0.15) is 0 Å². The summed E-state index contributed by atoms with van der Waals surface area (Å²) in [7, 11) is 0. The quantitative estimate of drug-likeness (QED) is 0.842. The number of piperazine rings is 1. The number of nitrogens with zero attached hydrogens (tertiary/aromatic N) is 2. The van der Waals surface area contributed by atoms with Crippen LogP contribution >= 0.6 is 0 Å². The van der Waals surface area contributed by atoms with Crippen molar-refractivity contribution >= 4 is 5.91 Å². The highest BCUT2D eigenvalue weighted by Crippen LogP contribution is 2.09. The molecule has 0 aromatic carbocycles. The van der Waals surface area contributed by atoms with Crippen LogP contribution in [0.25, 0.3) is 0 Å². The van der Waals surface area contributed by atoms with Gasteiger partial charge in [0.2, 0.25) is 0 Å². The van der Waals surface area contributed by atoms with Crippen LogP contribution in [0.4, 0.5) is 0 Å². The Morgan fingerprint density at radius 1 is 1.38 bits per heavy atom. The molecule has 1 amide bonds. The summed E-state index contributed by atoms with van der Waals surface area (Å²) >= 11 is 0. The Morgan fingerprint density at radius 3 is 2.67 bits per heavy atom. The van der Waals surface area contributed by atoms with Crippen LogP contribution < -0.4 is 0 Å². The molecule has 1 aromatic rings. The molecule has 21 heavy (non-hydrogen) atoms. The van der Waals surface area contributed by atoms with E-state index in [4.69, 9.17) is 9.15 Å². The minimum absolute atomic E-state index is 0.00656. The number of hydrogen-bond donors (Lipinski definition) is 1. The molecule has 1 aromatic heterocycles. The number of ether oxygens (including phenoxy) is 1. The number of rotatable bonds is 6. The Labute approximate surface area is 125 Å². The molecule has 2 heterocycles. The van der Waals surface area contributed by atoms with Gasteiger partial charge in [-0.25, -0.2) is 0 Å². The summed E-state index contributed by atoms with van der Waals surface area (Å²) in [6, 6.07) is 1.68. The van der Waals surface area contributed by atoms with Gasteiger partial charge in [-0.05, 0) is 19.9 Å². The van der Waals surface area contributed by atoms with Crippen LogP contribution in [0.2, 0.25) is 0 Å². The topological polar surface area (TPSA) is 66.2 Å². The van der Waals surface area contributed by atoms with Gasteiger partial charge in [0.15, 0.2) is 0 Å². The Balaban J connectivity index is 1.72. The maximum atomic E-state index is 12.1. The van der Waals surface area contributed by atoms with Gasteiger partial charge in [0.1, 0.15) is 6.26 Å². The summed E-state index contributed by atoms with van der Waals surface area (Å²) in [4.78, 5) is 16.1. The molecule has 0 aliphatic carbocycles. The Morgan fingerprint density at radius 2 is 2.10 bits per heavy atom. The first-order valence-corrected chi connectivity index (χ1v) is 7.39. The van der Waals surface area contributed by atoms with Crippen LogP contribution in [0.5, 0.6) is 0 Å². The maximum absolute atomic E-state index is 12.1. The molecule has 1 fully saturated rings. The molecule has 0 bridgehead atoms. The molecule has 118 valence electrons. The number of furan rings is 1. The molecule has 1 N–H and O–H groups in total. The lowest BCUT2D eigenvalue weighted by atomic mass is 10.2. The lowest BCUT2D eigenvalue weighted by molar-refractivity contribution is -0.0137. The molecule has 6 heteroatoms. The highest BCUT2D eigenvalue weighted by Gasteiger charge is 2.23. The monoisotopic (exact) mass is 296 g/mol. The molecule has 1 aliphatic heterocycles. The summed E-state index contributed by atoms with van der Waals surface area (Å²) in [6.45, 7) is 7.71. The van der Waals surface area contributed by atoms with Gasteiger partial charge in [0.25, 0.3) is 5.91 Å². The van der Waals surface area contributed by atoms with Crippen LogP contribution in [0.15, 0.2) is 23.0 Å². The number of amides is 1. The predicted molar refractivity (Wildman–Crippen MR) is 78.1 cm³/mol. The fourth-order valence-electron chi connectivity index (χ4n) is 2.36. The Kier molecular flexibility index (Phi) is 5.78. The Bertz CT molecular complexity index is 425. The van der Waals surface area contributed by atoms with E-state index >= 15 is 0 Å². The van der Waals surface area contributed by atoms with Crippen LogP contribution in [0, 0.1) is 0 Å². The van der Waals surface area contributed by atoms with Crippen molar-refractivity contribution in [2.45, 2.75) is 26.1 Å². The van der Waals surface area contributed by atoms with Crippen molar-refractivity contribution in [3.63, 3.8) is 0 Å². The first kappa shape index (κ1) is 16.0. The molecule has 6 nitrogen and oxygen atoms in total. The van der Waals surface area contributed by atoms with Gasteiger partial charge >= 0.3 is 0 Å². The average molecular weight is 296 g/mol. The van der Waals surface area contributed by atoms with E-state index in [1.54, 1.807) is 6.07 Å². The third-order valence-corrected chi connectivity index (χ3v) is 3.52. The van der Waals surface area contributed by atoms with Crippen molar-refractivity contribution in [1.82, 2.24) is 9.80 Å². The minimum atomic E-state index is -0.483. The summed E-state index contributed by atoms with van der Waals surface area (Å²) < 4.78 is 10.3. The molecule has 2 rings (SSSR count). The normalized spacial score (nSPS) is 18.2. The van der Waals surface area contributed by atoms with Gasteiger partial charge in [0.05, 0.1) is 30.6 Å². The van der Waals surface area contributed by atoms with E-state index < -0.39 is 6.10 Å². The zero-order chi connectivity index (χ0) is 15.2. The molecular weight excluding hydrogens is 272 g/mol. The lowest BCUT2D eigenvalue weighted by Gasteiger charge is -2.35. The fraction of sp³-hybridized carbons (Fsp3) is 0.667. The van der Waals surface area contributed by atoms with Crippen molar-refractivity contribution in [2.75, 3.05) is 39.3 Å². The lowest BCUT2D eigenvalue weighted by Crippen LogP contribution is -2.50. The molecule has 1 aliphatic rings. The molecule has 1 saturated heterocycles. The summed E-state index contributed by atoms with van der Waals surface area (Å²) in [5.41, 5.74) is 0.591. The van der Waals surface area contributed by atoms with Crippen LogP contribution in [-0.2, 0) is 4.74 Å². The van der Waals surface area contributed by atoms with Gasteiger partial charge < -0.3 is 19.2 Å². The van der Waals surface area contributed by atoms with Crippen molar-refractivity contribution < 1.29 is 19.1 Å². The van der Waals surface area contributed by atoms with Gasteiger partial charge in [-0.3, -0.25) is 9.69 Å². The number of carbonyl (C=O) groups is 1. The molecule has 0 spiro atoms. The summed E-state index contributed by atoms with van der Waals surface area (Å²) in [5, 5.41) is 9.92. The van der Waals surface area contributed by atoms with E-state index in [9.17, 15) is 9.90 Å². The molecule has 1 atom stereocenters. The number of hydrogen-bond acceptors (Lipinski definition) is 5. The van der Waals surface area contributed by atoms with Crippen molar-refractivity contribution in [1.29, 1.82) is 0 Å². The van der Waals surface area contributed by atoms with Gasteiger partial charge in [-0.1, -0.05) is 0 Å². The minimum Gasteiger partial charge on any atom is -0.472 e. The third-order valence-electron chi connectivity index (χ3n) is 3.52. The second-order valence-corrected chi connectivity index (χ2v) is 5.64. The number of carbonyl (C=O) groups excluding carboxylic acids is 1. The summed E-state index contributed by atoms with van der Waals surface area (Å²) in [6.07, 6.45) is 2.63. The first-order valence-electron chi connectivity index (χ1n) is 7.39. The van der Waals surface area contributed by atoms with E-state index in [2.05, 4.69) is 4.90 Å². The SMILES string of the molecule is CC(C)OCC(O)CN1CCN(C(=O)c2ccoc2)CC1. The summed E-state index contributed by atoms with van der Waals surface area (Å²) in [5.74, 6) is 0.00656. The van der Waals surface area contributed by atoms with Crippen LogP contribution in [0.1, 0.15) is 24.2 Å². The second kappa shape index (κ2) is 7.59. The van der Waals surface area contributed by atoms with E-state index in [0.29, 0.717) is 31.8 Å². The number of aliphatic hydroxyl groups is 1. The molecular formula is C15H24N2O4. The second-order valence-electron chi connectivity index (χ2n) is 5.64. The molecule has 1 unspecified atom stereocenters. The number of aliphatic hydroxyl groups excluding tert-OH is 1. The average Bonchev–Trinajstić information content (AvgIpc) is 2.99. The largest absolute Gasteiger partial charge is 0.472 e. The standard InChI is InChI=1S/C15H24N2O4/c1-12(2)21-11-14(18)9-16-4-6-17(7-5-16)15(19)13-3-8-20-10-13/h3,8,10,12,14,18H,4-7,9,11H2,1-2H3. The van der Waals surface area contributed by atoms with E-state index in [-0.39, 0.29) is 12.0 Å². The highest BCUT2D eigenvalue weighted by atomic mass is 16.5. The highest BCUT2D eigenvalue weighted by molar-refractivity contribution is 5.93. The van der Waals surface area contributed by atoms with Crippen molar-refractivity contribution in [2.24, 2.45) is 0 Å². The van der Waals surface area contributed by atoms with Crippen molar-refractivity contribution in [3.8, 4) is 0 Å². The maximum Gasteiger partial charge on any atom is 0.257 e. The predicted octanol–water partition coefficient (Wildman–Crippen LogP) is 0.823. The van der Waals surface area contributed by atoms with Crippen LogP contribution in [-0.4, -0.2) is 72.4 Å². The number of β-amino-alcohol motifs (C(OH)–C–C–N with tert-alkyl or cyclic N) is 1.